The van der Waals surface area contributed by atoms with Crippen LogP contribution in [0.5, 0.6) is 5.75 Å². The molecule has 0 heterocycles. The maximum absolute atomic E-state index is 13.2. The van der Waals surface area contributed by atoms with Gasteiger partial charge < -0.3 is 10.1 Å². The van der Waals surface area contributed by atoms with Gasteiger partial charge in [0, 0.05) is 13.1 Å². The lowest BCUT2D eigenvalue weighted by Crippen LogP contribution is -2.40. The number of nitrogens with zero attached hydrogens (tertiary/aromatic N) is 1. The number of rotatable bonds is 11. The van der Waals surface area contributed by atoms with Crippen molar-refractivity contribution in [2.45, 2.75) is 37.6 Å². The van der Waals surface area contributed by atoms with E-state index in [-0.39, 0.29) is 23.9 Å². The molecule has 0 spiro atoms. The maximum Gasteiger partial charge on any atom is 0.243 e. The molecule has 2 rings (SSSR count). The molecule has 2 aromatic rings. The SMILES string of the molecule is CCCCCNC(=O)CN(Cc1ccccc1)S(=O)(=O)c1ccc(OC)cc1. The number of benzene rings is 2. The van der Waals surface area contributed by atoms with E-state index in [2.05, 4.69) is 12.2 Å². The number of amides is 1. The summed E-state index contributed by atoms with van der Waals surface area (Å²) in [5, 5.41) is 2.81. The molecular formula is C21H28N2O4S. The summed E-state index contributed by atoms with van der Waals surface area (Å²) in [7, 11) is -2.32. The van der Waals surface area contributed by atoms with E-state index >= 15 is 0 Å². The molecule has 0 atom stereocenters. The molecular weight excluding hydrogens is 376 g/mol. The van der Waals surface area contributed by atoms with E-state index < -0.39 is 10.0 Å². The fourth-order valence-corrected chi connectivity index (χ4v) is 4.11. The molecule has 0 fully saturated rings. The minimum absolute atomic E-state index is 0.123. The Morgan fingerprint density at radius 3 is 2.32 bits per heavy atom. The van der Waals surface area contributed by atoms with Gasteiger partial charge in [-0.05, 0) is 36.2 Å². The summed E-state index contributed by atoms with van der Waals surface area (Å²) in [6, 6.07) is 15.4. The van der Waals surface area contributed by atoms with E-state index in [4.69, 9.17) is 4.74 Å². The van der Waals surface area contributed by atoms with Crippen LogP contribution in [0.3, 0.4) is 0 Å². The Morgan fingerprint density at radius 2 is 1.71 bits per heavy atom. The van der Waals surface area contributed by atoms with Gasteiger partial charge in [-0.2, -0.15) is 4.31 Å². The van der Waals surface area contributed by atoms with Crippen molar-refractivity contribution in [2.75, 3.05) is 20.2 Å². The highest BCUT2D eigenvalue weighted by Gasteiger charge is 2.26. The second kappa shape index (κ2) is 10.8. The second-order valence-electron chi connectivity index (χ2n) is 6.49. The largest absolute Gasteiger partial charge is 0.497 e. The zero-order valence-electron chi connectivity index (χ0n) is 16.4. The van der Waals surface area contributed by atoms with Gasteiger partial charge in [0.05, 0.1) is 18.6 Å². The Labute approximate surface area is 167 Å². The first kappa shape index (κ1) is 21.9. The summed E-state index contributed by atoms with van der Waals surface area (Å²) in [6.07, 6.45) is 2.96. The molecule has 28 heavy (non-hydrogen) atoms. The highest BCUT2D eigenvalue weighted by molar-refractivity contribution is 7.89. The van der Waals surface area contributed by atoms with Crippen molar-refractivity contribution in [3.05, 3.63) is 60.2 Å². The molecule has 6 nitrogen and oxygen atoms in total. The van der Waals surface area contributed by atoms with Crippen molar-refractivity contribution < 1.29 is 17.9 Å². The first-order chi connectivity index (χ1) is 13.5. The maximum atomic E-state index is 13.2. The van der Waals surface area contributed by atoms with Gasteiger partial charge in [-0.3, -0.25) is 4.79 Å². The first-order valence-electron chi connectivity index (χ1n) is 9.42. The van der Waals surface area contributed by atoms with Gasteiger partial charge in [0.25, 0.3) is 0 Å². The molecule has 1 N–H and O–H groups in total. The molecule has 0 aliphatic carbocycles. The van der Waals surface area contributed by atoms with Crippen LogP contribution < -0.4 is 10.1 Å². The van der Waals surface area contributed by atoms with Crippen LogP contribution in [0.25, 0.3) is 0 Å². The smallest absolute Gasteiger partial charge is 0.243 e. The summed E-state index contributed by atoms with van der Waals surface area (Å²) < 4.78 is 32.6. The van der Waals surface area contributed by atoms with Gasteiger partial charge in [-0.15, -0.1) is 0 Å². The third kappa shape index (κ3) is 6.35. The second-order valence-corrected chi connectivity index (χ2v) is 8.43. The summed E-state index contributed by atoms with van der Waals surface area (Å²) in [5.41, 5.74) is 0.818. The molecule has 0 radical (unpaired) electrons. The molecule has 152 valence electrons. The first-order valence-corrected chi connectivity index (χ1v) is 10.9. The predicted molar refractivity (Wildman–Crippen MR) is 110 cm³/mol. The molecule has 0 aromatic heterocycles. The molecule has 7 heteroatoms. The zero-order valence-corrected chi connectivity index (χ0v) is 17.2. The van der Waals surface area contributed by atoms with E-state index in [1.807, 2.05) is 30.3 Å². The Hall–Kier alpha value is -2.38. The molecule has 0 saturated carbocycles. The fourth-order valence-electron chi connectivity index (χ4n) is 2.73. The average Bonchev–Trinajstić information content (AvgIpc) is 2.71. The molecule has 0 bridgehead atoms. The lowest BCUT2D eigenvalue weighted by Gasteiger charge is -2.22. The number of methoxy groups -OCH3 is 1. The monoisotopic (exact) mass is 404 g/mol. The number of nitrogens with one attached hydrogen (secondary N) is 1. The van der Waals surface area contributed by atoms with Crippen molar-refractivity contribution in [1.29, 1.82) is 0 Å². The van der Waals surface area contributed by atoms with Crippen molar-refractivity contribution in [3.63, 3.8) is 0 Å². The van der Waals surface area contributed by atoms with Crippen LogP contribution in [-0.2, 0) is 21.4 Å². The minimum Gasteiger partial charge on any atom is -0.497 e. The van der Waals surface area contributed by atoms with E-state index in [0.29, 0.717) is 12.3 Å². The number of hydrogen-bond acceptors (Lipinski definition) is 4. The molecule has 0 unspecified atom stereocenters. The van der Waals surface area contributed by atoms with Crippen molar-refractivity contribution in [1.82, 2.24) is 9.62 Å². The Kier molecular flexibility index (Phi) is 8.47. The van der Waals surface area contributed by atoms with Crippen LogP contribution in [0, 0.1) is 0 Å². The lowest BCUT2D eigenvalue weighted by molar-refractivity contribution is -0.121. The molecule has 0 aliphatic rings. The third-order valence-electron chi connectivity index (χ3n) is 4.32. The van der Waals surface area contributed by atoms with E-state index in [1.165, 1.54) is 23.5 Å². The zero-order chi connectivity index (χ0) is 20.4. The molecule has 0 saturated heterocycles. The highest BCUT2D eigenvalue weighted by atomic mass is 32.2. The van der Waals surface area contributed by atoms with Crippen LogP contribution in [0.15, 0.2) is 59.5 Å². The standard InChI is InChI=1S/C21H28N2O4S/c1-3-4-8-15-22-21(24)17-23(16-18-9-6-5-7-10-18)28(25,26)20-13-11-19(27-2)12-14-20/h5-7,9-14H,3-4,8,15-17H2,1-2H3,(H,22,24). The van der Waals surface area contributed by atoms with Crippen LogP contribution in [0.4, 0.5) is 0 Å². The van der Waals surface area contributed by atoms with Crippen LogP contribution in [0.1, 0.15) is 31.7 Å². The lowest BCUT2D eigenvalue weighted by atomic mass is 10.2. The summed E-state index contributed by atoms with van der Waals surface area (Å²) in [5.74, 6) is 0.270. The number of hydrogen-bond donors (Lipinski definition) is 1. The number of sulfonamides is 1. The summed E-state index contributed by atoms with van der Waals surface area (Å²) >= 11 is 0. The third-order valence-corrected chi connectivity index (χ3v) is 6.13. The molecule has 2 aromatic carbocycles. The van der Waals surface area contributed by atoms with Crippen molar-refractivity contribution in [2.24, 2.45) is 0 Å². The predicted octanol–water partition coefficient (Wildman–Crippen LogP) is 3.19. The van der Waals surface area contributed by atoms with Gasteiger partial charge in [-0.25, -0.2) is 8.42 Å². The molecule has 0 aliphatic heterocycles. The van der Waals surface area contributed by atoms with Crippen molar-refractivity contribution >= 4 is 15.9 Å². The van der Waals surface area contributed by atoms with E-state index in [9.17, 15) is 13.2 Å². The molecule has 1 amide bonds. The Balaban J connectivity index is 2.19. The van der Waals surface area contributed by atoms with Crippen LogP contribution in [-0.4, -0.2) is 38.8 Å². The number of carbonyl (C=O) groups is 1. The summed E-state index contributed by atoms with van der Waals surface area (Å²) in [6.45, 7) is 2.53. The number of unbranched alkanes of at least 4 members (excludes halogenated alkanes) is 2. The van der Waals surface area contributed by atoms with Crippen molar-refractivity contribution in [3.8, 4) is 5.75 Å². The van der Waals surface area contributed by atoms with Crippen LogP contribution >= 0.6 is 0 Å². The Bertz CT molecular complexity index is 836. The minimum atomic E-state index is -3.84. The van der Waals surface area contributed by atoms with Gasteiger partial charge in [-0.1, -0.05) is 50.1 Å². The average molecular weight is 405 g/mol. The van der Waals surface area contributed by atoms with Gasteiger partial charge >= 0.3 is 0 Å². The van der Waals surface area contributed by atoms with E-state index in [1.54, 1.807) is 12.1 Å². The van der Waals surface area contributed by atoms with E-state index in [0.717, 1.165) is 24.8 Å². The van der Waals surface area contributed by atoms with Crippen LogP contribution in [0.2, 0.25) is 0 Å². The normalized spacial score (nSPS) is 11.4. The quantitative estimate of drug-likeness (QED) is 0.584. The highest BCUT2D eigenvalue weighted by Crippen LogP contribution is 2.21. The van der Waals surface area contributed by atoms with Gasteiger partial charge in [0.15, 0.2) is 0 Å². The number of ether oxygens (including phenoxy) is 1. The topological polar surface area (TPSA) is 75.7 Å². The summed E-state index contributed by atoms with van der Waals surface area (Å²) in [4.78, 5) is 12.5. The van der Waals surface area contributed by atoms with Gasteiger partial charge in [0.2, 0.25) is 15.9 Å². The number of carbonyl (C=O) groups excluding carboxylic acids is 1. The van der Waals surface area contributed by atoms with Gasteiger partial charge in [0.1, 0.15) is 5.75 Å². The Morgan fingerprint density at radius 1 is 1.04 bits per heavy atom. The fraction of sp³-hybridized carbons (Fsp3) is 0.381.